The second kappa shape index (κ2) is 5.38. The molecule has 112 valence electrons. The Morgan fingerprint density at radius 2 is 2.00 bits per heavy atom. The first-order chi connectivity index (χ1) is 9.73. The van der Waals surface area contributed by atoms with Crippen LogP contribution in [0.2, 0.25) is 0 Å². The zero-order valence-corrected chi connectivity index (χ0v) is 12.3. The SMILES string of the molecule is COc1cnc2c(c1)cc(B(O)O)n2C(=O)OC(C)(C)C. The Bertz CT molecular complexity index is 675. The minimum atomic E-state index is -1.82. The molecule has 2 aromatic heterocycles. The molecule has 0 aliphatic rings. The molecule has 0 saturated heterocycles. The number of carbonyl (C=O) groups excluding carboxylic acids is 1. The fraction of sp³-hybridized carbons (Fsp3) is 0.385. The summed E-state index contributed by atoms with van der Waals surface area (Å²) in [5.41, 5.74) is -0.453. The fourth-order valence-electron chi connectivity index (χ4n) is 1.89. The van der Waals surface area contributed by atoms with Crippen molar-refractivity contribution in [1.82, 2.24) is 9.55 Å². The monoisotopic (exact) mass is 292 g/mol. The molecule has 0 radical (unpaired) electrons. The van der Waals surface area contributed by atoms with Gasteiger partial charge in [-0.25, -0.2) is 14.3 Å². The molecule has 2 heterocycles. The first-order valence-corrected chi connectivity index (χ1v) is 6.38. The van der Waals surface area contributed by atoms with Crippen molar-refractivity contribution in [1.29, 1.82) is 0 Å². The number of hydrogen-bond donors (Lipinski definition) is 2. The Balaban J connectivity index is 2.59. The number of aromatic nitrogens is 2. The van der Waals surface area contributed by atoms with Gasteiger partial charge in [-0.05, 0) is 32.9 Å². The second-order valence-corrected chi connectivity index (χ2v) is 5.55. The first-order valence-electron chi connectivity index (χ1n) is 6.38. The third-order valence-corrected chi connectivity index (χ3v) is 2.72. The van der Waals surface area contributed by atoms with Crippen LogP contribution in [-0.4, -0.2) is 45.5 Å². The number of nitrogens with zero attached hydrogens (tertiary/aromatic N) is 2. The van der Waals surface area contributed by atoms with E-state index in [1.807, 2.05) is 0 Å². The lowest BCUT2D eigenvalue weighted by Crippen LogP contribution is -2.41. The normalized spacial score (nSPS) is 11.5. The summed E-state index contributed by atoms with van der Waals surface area (Å²) in [6, 6.07) is 3.11. The topological polar surface area (TPSA) is 93.8 Å². The van der Waals surface area contributed by atoms with Crippen LogP contribution in [0.3, 0.4) is 0 Å². The first kappa shape index (κ1) is 15.3. The predicted octanol–water partition coefficient (Wildman–Crippen LogP) is 0.508. The highest BCUT2D eigenvalue weighted by atomic mass is 16.6. The molecule has 0 saturated carbocycles. The molecule has 2 N–H and O–H groups in total. The van der Waals surface area contributed by atoms with E-state index in [0.717, 1.165) is 4.57 Å². The number of methoxy groups -OCH3 is 1. The standard InChI is InChI=1S/C13H17BN2O5/c1-13(2,3)21-12(17)16-10(14(18)19)6-8-5-9(20-4)7-15-11(8)16/h5-7,18-19H,1-4H3. The Morgan fingerprint density at radius 3 is 2.52 bits per heavy atom. The van der Waals surface area contributed by atoms with Crippen molar-refractivity contribution in [2.75, 3.05) is 7.11 Å². The van der Waals surface area contributed by atoms with Gasteiger partial charge in [-0.15, -0.1) is 0 Å². The van der Waals surface area contributed by atoms with Gasteiger partial charge in [-0.1, -0.05) is 0 Å². The molecule has 0 aromatic carbocycles. The van der Waals surface area contributed by atoms with Gasteiger partial charge < -0.3 is 19.5 Å². The van der Waals surface area contributed by atoms with E-state index in [9.17, 15) is 14.8 Å². The Hall–Kier alpha value is -2.06. The molecule has 0 aliphatic carbocycles. The van der Waals surface area contributed by atoms with Crippen LogP contribution in [-0.2, 0) is 4.74 Å². The van der Waals surface area contributed by atoms with Crippen LogP contribution in [0.4, 0.5) is 4.79 Å². The van der Waals surface area contributed by atoms with Gasteiger partial charge in [0.15, 0.2) is 0 Å². The summed E-state index contributed by atoms with van der Waals surface area (Å²) in [7, 11) is -0.326. The molecule has 2 rings (SSSR count). The highest BCUT2D eigenvalue weighted by Crippen LogP contribution is 2.19. The summed E-state index contributed by atoms with van der Waals surface area (Å²) in [6.07, 6.45) is 0.717. The van der Waals surface area contributed by atoms with Crippen LogP contribution in [0.15, 0.2) is 18.3 Å². The summed E-state index contributed by atoms with van der Waals surface area (Å²) in [6.45, 7) is 5.17. The average Bonchev–Trinajstić information content (AvgIpc) is 2.74. The zero-order chi connectivity index (χ0) is 15.8. The molecule has 2 aromatic rings. The van der Waals surface area contributed by atoms with Crippen molar-refractivity contribution in [3.05, 3.63) is 18.3 Å². The lowest BCUT2D eigenvalue weighted by Gasteiger charge is -2.20. The van der Waals surface area contributed by atoms with Crippen molar-refractivity contribution in [3.63, 3.8) is 0 Å². The molecule has 8 heteroatoms. The van der Waals surface area contributed by atoms with E-state index < -0.39 is 18.8 Å². The largest absolute Gasteiger partial charge is 0.506 e. The Kier molecular flexibility index (Phi) is 3.93. The van der Waals surface area contributed by atoms with Gasteiger partial charge in [0.2, 0.25) is 0 Å². The summed E-state index contributed by atoms with van der Waals surface area (Å²) in [5.74, 6) is 0.503. The molecular formula is C13H17BN2O5. The van der Waals surface area contributed by atoms with E-state index in [-0.39, 0.29) is 11.2 Å². The van der Waals surface area contributed by atoms with Crippen molar-refractivity contribution < 1.29 is 24.3 Å². The molecule has 0 unspecified atom stereocenters. The van der Waals surface area contributed by atoms with E-state index in [2.05, 4.69) is 4.98 Å². The number of pyridine rings is 1. The van der Waals surface area contributed by atoms with Gasteiger partial charge >= 0.3 is 13.2 Å². The molecule has 0 aliphatic heterocycles. The van der Waals surface area contributed by atoms with Crippen molar-refractivity contribution in [2.24, 2.45) is 0 Å². The van der Waals surface area contributed by atoms with Gasteiger partial charge in [0.1, 0.15) is 17.0 Å². The third kappa shape index (κ3) is 3.17. The lowest BCUT2D eigenvalue weighted by atomic mass is 9.86. The fourth-order valence-corrected chi connectivity index (χ4v) is 1.89. The van der Waals surface area contributed by atoms with E-state index >= 15 is 0 Å². The van der Waals surface area contributed by atoms with Gasteiger partial charge in [0.05, 0.1) is 18.9 Å². The minimum absolute atomic E-state index is 0.0139. The van der Waals surface area contributed by atoms with Gasteiger partial charge in [0, 0.05) is 5.39 Å². The highest BCUT2D eigenvalue weighted by molar-refractivity contribution is 6.58. The van der Waals surface area contributed by atoms with E-state index in [1.54, 1.807) is 26.8 Å². The van der Waals surface area contributed by atoms with Crippen molar-refractivity contribution in [2.45, 2.75) is 26.4 Å². The quantitative estimate of drug-likeness (QED) is 0.783. The third-order valence-electron chi connectivity index (χ3n) is 2.72. The van der Waals surface area contributed by atoms with Crippen LogP contribution < -0.4 is 10.3 Å². The summed E-state index contributed by atoms with van der Waals surface area (Å²) < 4.78 is 11.4. The van der Waals surface area contributed by atoms with Crippen molar-refractivity contribution >= 4 is 29.8 Å². The number of hydrogen-bond acceptors (Lipinski definition) is 6. The van der Waals surface area contributed by atoms with Crippen LogP contribution in [0.25, 0.3) is 11.0 Å². The number of rotatable bonds is 2. The van der Waals surface area contributed by atoms with Gasteiger partial charge in [-0.2, -0.15) is 0 Å². The maximum absolute atomic E-state index is 12.3. The molecule has 0 fully saturated rings. The second-order valence-electron chi connectivity index (χ2n) is 5.55. The molecule has 0 amide bonds. The van der Waals surface area contributed by atoms with Gasteiger partial charge in [0.25, 0.3) is 0 Å². The molecule has 7 nitrogen and oxygen atoms in total. The zero-order valence-electron chi connectivity index (χ0n) is 12.3. The average molecular weight is 292 g/mol. The van der Waals surface area contributed by atoms with E-state index in [4.69, 9.17) is 9.47 Å². The number of ether oxygens (including phenoxy) is 2. The maximum atomic E-state index is 12.3. The summed E-state index contributed by atoms with van der Waals surface area (Å²) in [4.78, 5) is 16.4. The predicted molar refractivity (Wildman–Crippen MR) is 77.7 cm³/mol. The molecule has 21 heavy (non-hydrogen) atoms. The van der Waals surface area contributed by atoms with E-state index in [1.165, 1.54) is 19.4 Å². The van der Waals surface area contributed by atoms with E-state index in [0.29, 0.717) is 11.1 Å². The summed E-state index contributed by atoms with van der Waals surface area (Å²) in [5, 5.41) is 19.4. The summed E-state index contributed by atoms with van der Waals surface area (Å²) >= 11 is 0. The smallest absolute Gasteiger partial charge is 0.495 e. The molecule has 0 spiro atoms. The van der Waals surface area contributed by atoms with Crippen molar-refractivity contribution in [3.8, 4) is 5.75 Å². The Morgan fingerprint density at radius 1 is 1.33 bits per heavy atom. The molecular weight excluding hydrogens is 275 g/mol. The minimum Gasteiger partial charge on any atom is -0.495 e. The van der Waals surface area contributed by atoms with Gasteiger partial charge in [-0.3, -0.25) is 0 Å². The van der Waals surface area contributed by atoms with Crippen LogP contribution in [0, 0.1) is 0 Å². The number of carbonyl (C=O) groups is 1. The van der Waals surface area contributed by atoms with Crippen LogP contribution in [0.1, 0.15) is 20.8 Å². The molecule has 0 atom stereocenters. The number of fused-ring (bicyclic) bond motifs is 1. The maximum Gasteiger partial charge on any atom is 0.506 e. The molecule has 0 bridgehead atoms. The Labute approximate surface area is 122 Å². The highest BCUT2D eigenvalue weighted by Gasteiger charge is 2.27. The van der Waals surface area contributed by atoms with Crippen LogP contribution >= 0.6 is 0 Å². The van der Waals surface area contributed by atoms with Crippen LogP contribution in [0.5, 0.6) is 5.75 Å². The lowest BCUT2D eigenvalue weighted by molar-refractivity contribution is 0.0547.